The SMILES string of the molecule is C/C=C\C(/C=C\C)C(C)(C)N. The molecule has 0 heterocycles. The fourth-order valence-corrected chi connectivity index (χ4v) is 0.975. The molecule has 0 saturated carbocycles. The van der Waals surface area contributed by atoms with Gasteiger partial charge in [-0.1, -0.05) is 24.3 Å². The molecule has 0 aromatic carbocycles. The molecule has 1 nitrogen and oxygen atoms in total. The first-order chi connectivity index (χ1) is 5.02. The van der Waals surface area contributed by atoms with Crippen molar-refractivity contribution in [2.45, 2.75) is 33.2 Å². The fourth-order valence-electron chi connectivity index (χ4n) is 0.975. The fraction of sp³-hybridized carbons (Fsp3) is 0.600. The Labute approximate surface area is 70.0 Å². The molecule has 0 fully saturated rings. The van der Waals surface area contributed by atoms with Gasteiger partial charge in [-0.05, 0) is 27.7 Å². The molecular weight excluding hydrogens is 134 g/mol. The third-order valence-electron chi connectivity index (χ3n) is 1.66. The molecule has 1 heteroatoms. The van der Waals surface area contributed by atoms with E-state index in [-0.39, 0.29) is 5.54 Å². The van der Waals surface area contributed by atoms with Crippen molar-refractivity contribution in [3.05, 3.63) is 24.3 Å². The molecule has 0 atom stereocenters. The van der Waals surface area contributed by atoms with E-state index in [1.54, 1.807) is 0 Å². The van der Waals surface area contributed by atoms with Crippen molar-refractivity contribution in [2.75, 3.05) is 0 Å². The zero-order chi connectivity index (χ0) is 8.91. The summed E-state index contributed by atoms with van der Waals surface area (Å²) in [6.07, 6.45) is 8.33. The Bertz CT molecular complexity index is 137. The summed E-state index contributed by atoms with van der Waals surface area (Å²) in [6.45, 7) is 8.11. The van der Waals surface area contributed by atoms with Crippen molar-refractivity contribution in [1.29, 1.82) is 0 Å². The molecule has 0 aromatic heterocycles. The van der Waals surface area contributed by atoms with Crippen LogP contribution in [0.3, 0.4) is 0 Å². The molecular formula is C10H19N. The Morgan fingerprint density at radius 3 is 1.64 bits per heavy atom. The summed E-state index contributed by atoms with van der Waals surface area (Å²) < 4.78 is 0. The van der Waals surface area contributed by atoms with Gasteiger partial charge in [0.05, 0.1) is 0 Å². The third kappa shape index (κ3) is 3.99. The average Bonchev–Trinajstić information content (AvgIpc) is 1.85. The highest BCUT2D eigenvalue weighted by Crippen LogP contribution is 2.16. The lowest BCUT2D eigenvalue weighted by Crippen LogP contribution is -2.38. The van der Waals surface area contributed by atoms with Gasteiger partial charge in [-0.25, -0.2) is 0 Å². The van der Waals surface area contributed by atoms with Gasteiger partial charge in [0.1, 0.15) is 0 Å². The van der Waals surface area contributed by atoms with Crippen LogP contribution in [0.5, 0.6) is 0 Å². The van der Waals surface area contributed by atoms with E-state index in [0.29, 0.717) is 5.92 Å². The zero-order valence-corrected chi connectivity index (χ0v) is 7.96. The molecule has 0 amide bonds. The molecule has 0 spiro atoms. The summed E-state index contributed by atoms with van der Waals surface area (Å²) in [5.74, 6) is 0.345. The van der Waals surface area contributed by atoms with Gasteiger partial charge in [-0.15, -0.1) is 0 Å². The minimum atomic E-state index is -0.154. The van der Waals surface area contributed by atoms with Crippen LogP contribution in [0.25, 0.3) is 0 Å². The van der Waals surface area contributed by atoms with E-state index in [1.807, 2.05) is 39.8 Å². The van der Waals surface area contributed by atoms with Crippen molar-refractivity contribution in [1.82, 2.24) is 0 Å². The van der Waals surface area contributed by atoms with Crippen LogP contribution in [0.2, 0.25) is 0 Å². The van der Waals surface area contributed by atoms with E-state index in [4.69, 9.17) is 5.73 Å². The van der Waals surface area contributed by atoms with Gasteiger partial charge < -0.3 is 5.73 Å². The molecule has 11 heavy (non-hydrogen) atoms. The molecule has 0 saturated heterocycles. The molecule has 64 valence electrons. The smallest absolute Gasteiger partial charge is 0.0195 e. The first kappa shape index (κ1) is 10.4. The lowest BCUT2D eigenvalue weighted by Gasteiger charge is -2.25. The second kappa shape index (κ2) is 4.35. The highest BCUT2D eigenvalue weighted by atomic mass is 14.7. The van der Waals surface area contributed by atoms with Gasteiger partial charge in [0.15, 0.2) is 0 Å². The first-order valence-corrected chi connectivity index (χ1v) is 4.07. The minimum Gasteiger partial charge on any atom is -0.325 e. The number of nitrogens with two attached hydrogens (primary N) is 1. The maximum absolute atomic E-state index is 5.95. The summed E-state index contributed by atoms with van der Waals surface area (Å²) in [5.41, 5.74) is 5.80. The van der Waals surface area contributed by atoms with Crippen LogP contribution in [0.4, 0.5) is 0 Å². The molecule has 0 bridgehead atoms. The maximum Gasteiger partial charge on any atom is 0.0195 e. The van der Waals surface area contributed by atoms with Crippen LogP contribution in [0.1, 0.15) is 27.7 Å². The number of allylic oxidation sites excluding steroid dienone is 2. The normalized spacial score (nSPS) is 14.0. The van der Waals surface area contributed by atoms with E-state index in [1.165, 1.54) is 0 Å². The van der Waals surface area contributed by atoms with E-state index in [9.17, 15) is 0 Å². The van der Waals surface area contributed by atoms with Gasteiger partial charge in [-0.3, -0.25) is 0 Å². The quantitative estimate of drug-likeness (QED) is 0.619. The topological polar surface area (TPSA) is 26.0 Å². The Hall–Kier alpha value is -0.560. The molecule has 0 aliphatic heterocycles. The van der Waals surface area contributed by atoms with Crippen molar-refractivity contribution in [3.63, 3.8) is 0 Å². The molecule has 0 rings (SSSR count). The van der Waals surface area contributed by atoms with Crippen molar-refractivity contribution in [2.24, 2.45) is 11.7 Å². The zero-order valence-electron chi connectivity index (χ0n) is 7.96. The summed E-state index contributed by atoms with van der Waals surface area (Å²) in [7, 11) is 0. The summed E-state index contributed by atoms with van der Waals surface area (Å²) in [4.78, 5) is 0. The van der Waals surface area contributed by atoms with E-state index in [0.717, 1.165) is 0 Å². The average molecular weight is 153 g/mol. The molecule has 0 aromatic rings. The van der Waals surface area contributed by atoms with Crippen LogP contribution >= 0.6 is 0 Å². The van der Waals surface area contributed by atoms with Crippen molar-refractivity contribution < 1.29 is 0 Å². The summed E-state index contributed by atoms with van der Waals surface area (Å²) in [5, 5.41) is 0. The number of rotatable bonds is 3. The van der Waals surface area contributed by atoms with E-state index < -0.39 is 0 Å². The van der Waals surface area contributed by atoms with Gasteiger partial charge in [0.25, 0.3) is 0 Å². The Balaban J connectivity index is 4.34. The maximum atomic E-state index is 5.95. The summed E-state index contributed by atoms with van der Waals surface area (Å²) >= 11 is 0. The molecule has 0 aliphatic carbocycles. The Kier molecular flexibility index (Phi) is 4.12. The second-order valence-corrected chi connectivity index (χ2v) is 3.40. The highest BCUT2D eigenvalue weighted by molar-refractivity contribution is 5.07. The highest BCUT2D eigenvalue weighted by Gasteiger charge is 2.18. The lowest BCUT2D eigenvalue weighted by atomic mass is 9.88. The molecule has 2 N–H and O–H groups in total. The number of hydrogen-bond acceptors (Lipinski definition) is 1. The predicted molar refractivity (Wildman–Crippen MR) is 51.4 cm³/mol. The number of hydrogen-bond donors (Lipinski definition) is 1. The van der Waals surface area contributed by atoms with Gasteiger partial charge in [0, 0.05) is 11.5 Å². The minimum absolute atomic E-state index is 0.154. The van der Waals surface area contributed by atoms with Gasteiger partial charge >= 0.3 is 0 Å². The second-order valence-electron chi connectivity index (χ2n) is 3.40. The molecule has 0 aliphatic rings. The van der Waals surface area contributed by atoms with Crippen LogP contribution < -0.4 is 5.73 Å². The summed E-state index contributed by atoms with van der Waals surface area (Å²) in [6, 6.07) is 0. The van der Waals surface area contributed by atoms with Crippen LogP contribution in [-0.2, 0) is 0 Å². The Morgan fingerprint density at radius 2 is 1.45 bits per heavy atom. The van der Waals surface area contributed by atoms with Crippen LogP contribution in [-0.4, -0.2) is 5.54 Å². The molecule has 0 radical (unpaired) electrons. The van der Waals surface area contributed by atoms with Gasteiger partial charge in [0.2, 0.25) is 0 Å². The van der Waals surface area contributed by atoms with Crippen molar-refractivity contribution >= 4 is 0 Å². The van der Waals surface area contributed by atoms with Crippen LogP contribution in [0, 0.1) is 5.92 Å². The third-order valence-corrected chi connectivity index (χ3v) is 1.66. The lowest BCUT2D eigenvalue weighted by molar-refractivity contribution is 0.442. The Morgan fingerprint density at radius 1 is 1.09 bits per heavy atom. The standard InChI is InChI=1S/C10H19N/c1-5-7-9(8-6-2)10(3,4)11/h5-9H,11H2,1-4H3/b7-5-,8-6-. The largest absolute Gasteiger partial charge is 0.325 e. The first-order valence-electron chi connectivity index (χ1n) is 4.07. The van der Waals surface area contributed by atoms with Crippen LogP contribution in [0.15, 0.2) is 24.3 Å². The van der Waals surface area contributed by atoms with E-state index >= 15 is 0 Å². The van der Waals surface area contributed by atoms with E-state index in [2.05, 4.69) is 12.2 Å². The predicted octanol–water partition coefficient (Wildman–Crippen LogP) is 2.49. The molecule has 0 unspecified atom stereocenters. The van der Waals surface area contributed by atoms with Gasteiger partial charge in [-0.2, -0.15) is 0 Å². The van der Waals surface area contributed by atoms with Crippen molar-refractivity contribution in [3.8, 4) is 0 Å². The monoisotopic (exact) mass is 153 g/mol.